The average molecular weight is 252 g/mol. The summed E-state index contributed by atoms with van der Waals surface area (Å²) in [6.07, 6.45) is 0. The SMILES string of the molecule is C=C(C(=O)OCc1cccc(C)c1)c1ccccc1. The Kier molecular flexibility index (Phi) is 4.14. The lowest BCUT2D eigenvalue weighted by atomic mass is 10.1. The number of carbonyl (C=O) groups excluding carboxylic acids is 1. The minimum absolute atomic E-state index is 0.270. The Morgan fingerprint density at radius 1 is 1.11 bits per heavy atom. The number of aryl methyl sites for hydroxylation is 1. The highest BCUT2D eigenvalue weighted by molar-refractivity contribution is 6.15. The summed E-state index contributed by atoms with van der Waals surface area (Å²) in [5, 5.41) is 0. The molecule has 0 heterocycles. The van der Waals surface area contributed by atoms with E-state index in [-0.39, 0.29) is 12.6 Å². The lowest BCUT2D eigenvalue weighted by Gasteiger charge is -2.07. The van der Waals surface area contributed by atoms with Gasteiger partial charge in [-0.15, -0.1) is 0 Å². The van der Waals surface area contributed by atoms with Crippen LogP contribution in [0.25, 0.3) is 5.57 Å². The minimum atomic E-state index is -0.382. The molecule has 2 rings (SSSR count). The van der Waals surface area contributed by atoms with Gasteiger partial charge in [0.2, 0.25) is 0 Å². The van der Waals surface area contributed by atoms with Gasteiger partial charge < -0.3 is 4.74 Å². The molecule has 2 nitrogen and oxygen atoms in total. The van der Waals surface area contributed by atoms with E-state index in [0.717, 1.165) is 16.7 Å². The summed E-state index contributed by atoms with van der Waals surface area (Å²) in [6, 6.07) is 17.2. The second-order valence-electron chi connectivity index (χ2n) is 4.41. The van der Waals surface area contributed by atoms with Gasteiger partial charge in [0.25, 0.3) is 0 Å². The third kappa shape index (κ3) is 3.55. The smallest absolute Gasteiger partial charge is 0.338 e. The Morgan fingerprint density at radius 3 is 2.53 bits per heavy atom. The van der Waals surface area contributed by atoms with Crippen LogP contribution < -0.4 is 0 Å². The van der Waals surface area contributed by atoms with Crippen molar-refractivity contribution in [1.29, 1.82) is 0 Å². The predicted molar refractivity (Wildman–Crippen MR) is 76.5 cm³/mol. The molecular formula is C17H16O2. The molecule has 0 aliphatic heterocycles. The van der Waals surface area contributed by atoms with Gasteiger partial charge in [-0.25, -0.2) is 4.79 Å². The van der Waals surface area contributed by atoms with E-state index in [4.69, 9.17) is 4.74 Å². The number of hydrogen-bond acceptors (Lipinski definition) is 2. The topological polar surface area (TPSA) is 26.3 Å². The van der Waals surface area contributed by atoms with Gasteiger partial charge >= 0.3 is 5.97 Å². The molecule has 0 aromatic heterocycles. The highest BCUT2D eigenvalue weighted by Crippen LogP contribution is 2.14. The van der Waals surface area contributed by atoms with E-state index in [9.17, 15) is 4.79 Å². The number of rotatable bonds is 4. The molecule has 0 amide bonds. The first-order chi connectivity index (χ1) is 9.16. The summed E-state index contributed by atoms with van der Waals surface area (Å²) in [5.74, 6) is -0.382. The third-order valence-corrected chi connectivity index (χ3v) is 2.82. The van der Waals surface area contributed by atoms with Crippen molar-refractivity contribution in [1.82, 2.24) is 0 Å². The quantitative estimate of drug-likeness (QED) is 0.612. The van der Waals surface area contributed by atoms with Crippen LogP contribution in [0.3, 0.4) is 0 Å². The maximum Gasteiger partial charge on any atom is 0.338 e. The van der Waals surface area contributed by atoms with Crippen molar-refractivity contribution in [3.8, 4) is 0 Å². The molecule has 2 aromatic carbocycles. The van der Waals surface area contributed by atoms with Gasteiger partial charge in [-0.05, 0) is 18.1 Å². The van der Waals surface area contributed by atoms with Crippen molar-refractivity contribution in [3.05, 3.63) is 77.9 Å². The monoisotopic (exact) mass is 252 g/mol. The zero-order valence-corrected chi connectivity index (χ0v) is 10.9. The van der Waals surface area contributed by atoms with Crippen molar-refractivity contribution < 1.29 is 9.53 Å². The van der Waals surface area contributed by atoms with E-state index in [1.807, 2.05) is 61.5 Å². The molecule has 2 heteroatoms. The molecule has 0 aliphatic carbocycles. The number of esters is 1. The molecule has 0 aliphatic rings. The second kappa shape index (κ2) is 6.01. The molecule has 0 saturated carbocycles. The summed E-state index contributed by atoms with van der Waals surface area (Å²) in [7, 11) is 0. The van der Waals surface area contributed by atoms with Gasteiger partial charge in [-0.1, -0.05) is 66.7 Å². The minimum Gasteiger partial charge on any atom is -0.457 e. The average Bonchev–Trinajstić information content (AvgIpc) is 2.45. The molecule has 0 radical (unpaired) electrons. The first-order valence-electron chi connectivity index (χ1n) is 6.14. The molecule has 0 unspecified atom stereocenters. The molecule has 0 fully saturated rings. The van der Waals surface area contributed by atoms with Gasteiger partial charge in [0.05, 0.1) is 5.57 Å². The van der Waals surface area contributed by atoms with Crippen LogP contribution in [0.2, 0.25) is 0 Å². The Balaban J connectivity index is 1.97. The normalized spacial score (nSPS) is 9.95. The van der Waals surface area contributed by atoms with Crippen molar-refractivity contribution in [2.24, 2.45) is 0 Å². The van der Waals surface area contributed by atoms with Crippen LogP contribution in [0.15, 0.2) is 61.2 Å². The van der Waals surface area contributed by atoms with E-state index >= 15 is 0 Å². The maximum atomic E-state index is 11.9. The Morgan fingerprint density at radius 2 is 1.84 bits per heavy atom. The number of ether oxygens (including phenoxy) is 1. The number of benzene rings is 2. The molecule has 0 N–H and O–H groups in total. The molecule has 0 bridgehead atoms. The second-order valence-corrected chi connectivity index (χ2v) is 4.41. The predicted octanol–water partition coefficient (Wildman–Crippen LogP) is 3.75. The van der Waals surface area contributed by atoms with Crippen LogP contribution in [-0.4, -0.2) is 5.97 Å². The van der Waals surface area contributed by atoms with Crippen molar-refractivity contribution in [2.75, 3.05) is 0 Å². The number of carbonyl (C=O) groups is 1. The van der Waals surface area contributed by atoms with E-state index in [2.05, 4.69) is 6.58 Å². The summed E-state index contributed by atoms with van der Waals surface area (Å²) < 4.78 is 5.26. The third-order valence-electron chi connectivity index (χ3n) is 2.82. The first-order valence-corrected chi connectivity index (χ1v) is 6.14. The standard InChI is InChI=1S/C17H16O2/c1-13-7-6-8-15(11-13)12-19-17(18)14(2)16-9-4-3-5-10-16/h3-11H,2,12H2,1H3. The van der Waals surface area contributed by atoms with Gasteiger partial charge in [-0.2, -0.15) is 0 Å². The molecule has 0 spiro atoms. The van der Waals surface area contributed by atoms with E-state index < -0.39 is 0 Å². The molecule has 19 heavy (non-hydrogen) atoms. The lowest BCUT2D eigenvalue weighted by Crippen LogP contribution is -2.06. The van der Waals surface area contributed by atoms with Gasteiger partial charge in [0.15, 0.2) is 0 Å². The zero-order valence-electron chi connectivity index (χ0n) is 10.9. The zero-order chi connectivity index (χ0) is 13.7. The van der Waals surface area contributed by atoms with Crippen molar-refractivity contribution in [3.63, 3.8) is 0 Å². The maximum absolute atomic E-state index is 11.9. The van der Waals surface area contributed by atoms with Crippen molar-refractivity contribution in [2.45, 2.75) is 13.5 Å². The largest absolute Gasteiger partial charge is 0.457 e. The Hall–Kier alpha value is -2.35. The highest BCUT2D eigenvalue weighted by Gasteiger charge is 2.10. The summed E-state index contributed by atoms with van der Waals surface area (Å²) >= 11 is 0. The Labute approximate surface area is 113 Å². The van der Waals surface area contributed by atoms with Crippen LogP contribution in [0.5, 0.6) is 0 Å². The first kappa shape index (κ1) is 13.1. The Bertz CT molecular complexity index is 585. The fourth-order valence-electron chi connectivity index (χ4n) is 1.80. The van der Waals surface area contributed by atoms with Gasteiger partial charge in [-0.3, -0.25) is 0 Å². The number of hydrogen-bond donors (Lipinski definition) is 0. The lowest BCUT2D eigenvalue weighted by molar-refractivity contribution is -0.137. The van der Waals surface area contributed by atoms with E-state index in [0.29, 0.717) is 5.57 Å². The summed E-state index contributed by atoms with van der Waals surface area (Å²) in [5.41, 5.74) is 3.30. The summed E-state index contributed by atoms with van der Waals surface area (Å²) in [6.45, 7) is 6.06. The van der Waals surface area contributed by atoms with Crippen LogP contribution in [0.4, 0.5) is 0 Å². The van der Waals surface area contributed by atoms with E-state index in [1.165, 1.54) is 0 Å². The fourth-order valence-corrected chi connectivity index (χ4v) is 1.80. The summed E-state index contributed by atoms with van der Waals surface area (Å²) in [4.78, 5) is 11.9. The highest BCUT2D eigenvalue weighted by atomic mass is 16.5. The van der Waals surface area contributed by atoms with Crippen molar-refractivity contribution >= 4 is 11.5 Å². The fraction of sp³-hybridized carbons (Fsp3) is 0.118. The molecular weight excluding hydrogens is 236 g/mol. The van der Waals surface area contributed by atoms with Crippen LogP contribution in [-0.2, 0) is 16.1 Å². The van der Waals surface area contributed by atoms with Crippen LogP contribution in [0, 0.1) is 6.92 Å². The molecule has 0 atom stereocenters. The van der Waals surface area contributed by atoms with Gasteiger partial charge in [0.1, 0.15) is 6.61 Å². The van der Waals surface area contributed by atoms with Crippen LogP contribution >= 0.6 is 0 Å². The molecule has 96 valence electrons. The van der Waals surface area contributed by atoms with Gasteiger partial charge in [0, 0.05) is 0 Å². The van der Waals surface area contributed by atoms with Crippen LogP contribution in [0.1, 0.15) is 16.7 Å². The van der Waals surface area contributed by atoms with E-state index in [1.54, 1.807) is 0 Å². The molecule has 0 saturated heterocycles. The molecule has 2 aromatic rings.